The maximum absolute atomic E-state index is 10.7. The highest BCUT2D eigenvalue weighted by Gasteiger charge is 2.16. The minimum absolute atomic E-state index is 0.127. The lowest BCUT2D eigenvalue weighted by atomic mass is 9.83. The molecule has 4 aromatic carbocycles. The second kappa shape index (κ2) is 9.08. The molecule has 0 fully saturated rings. The van der Waals surface area contributed by atoms with Gasteiger partial charge in [0.1, 0.15) is 12.6 Å². The molecule has 4 rings (SSSR count). The molecule has 0 aliphatic carbocycles. The zero-order valence-electron chi connectivity index (χ0n) is 19.9. The quantitative estimate of drug-likeness (QED) is 0.306. The predicted octanol–water partition coefficient (Wildman–Crippen LogP) is 7.90. The van der Waals surface area contributed by atoms with Crippen molar-refractivity contribution in [3.63, 3.8) is 0 Å². The van der Waals surface area contributed by atoms with E-state index in [-0.39, 0.29) is 10.8 Å². The second-order valence-electron chi connectivity index (χ2n) is 10.3. The second-order valence-corrected chi connectivity index (χ2v) is 10.3. The molecule has 32 heavy (non-hydrogen) atoms. The monoisotopic (exact) mass is 424 g/mol. The van der Waals surface area contributed by atoms with Gasteiger partial charge in [-0.05, 0) is 55.6 Å². The van der Waals surface area contributed by atoms with Gasteiger partial charge in [-0.2, -0.15) is 0 Å². The number of rotatable bonds is 2. The first-order valence-corrected chi connectivity index (χ1v) is 11.0. The van der Waals surface area contributed by atoms with Crippen molar-refractivity contribution in [3.8, 4) is 0 Å². The molecule has 0 heterocycles. The minimum Gasteiger partial charge on any atom is -0.298 e. The van der Waals surface area contributed by atoms with Crippen molar-refractivity contribution in [2.24, 2.45) is 0 Å². The van der Waals surface area contributed by atoms with Gasteiger partial charge in [0, 0.05) is 11.1 Å². The minimum atomic E-state index is 0.127. The van der Waals surface area contributed by atoms with E-state index in [9.17, 15) is 9.59 Å². The van der Waals surface area contributed by atoms with Crippen molar-refractivity contribution in [3.05, 3.63) is 95.1 Å². The molecule has 2 nitrogen and oxygen atoms in total. The van der Waals surface area contributed by atoms with Crippen LogP contribution in [0.25, 0.3) is 21.5 Å². The van der Waals surface area contributed by atoms with Gasteiger partial charge in [-0.1, -0.05) is 102 Å². The predicted molar refractivity (Wildman–Crippen MR) is 136 cm³/mol. The number of fused-ring (bicyclic) bond motifs is 2. The molecule has 0 saturated heterocycles. The van der Waals surface area contributed by atoms with Crippen LogP contribution in [0.4, 0.5) is 0 Å². The molecule has 0 N–H and O–H groups in total. The molecule has 2 heteroatoms. The van der Waals surface area contributed by atoms with Crippen LogP contribution in [0.2, 0.25) is 0 Å². The number of hydrogen-bond acceptors (Lipinski definition) is 2. The largest absolute Gasteiger partial charge is 0.298 e. The highest BCUT2D eigenvalue weighted by molar-refractivity contribution is 5.91. The lowest BCUT2D eigenvalue weighted by Gasteiger charge is -2.21. The molecule has 0 unspecified atom stereocenters. The summed E-state index contributed by atoms with van der Waals surface area (Å²) >= 11 is 0. The van der Waals surface area contributed by atoms with Gasteiger partial charge in [-0.3, -0.25) is 9.59 Å². The van der Waals surface area contributed by atoms with Crippen molar-refractivity contribution in [2.75, 3.05) is 0 Å². The van der Waals surface area contributed by atoms with Crippen LogP contribution in [0.3, 0.4) is 0 Å². The number of hydrogen-bond donors (Lipinski definition) is 0. The molecule has 0 aliphatic heterocycles. The van der Waals surface area contributed by atoms with Crippen molar-refractivity contribution >= 4 is 34.1 Å². The third kappa shape index (κ3) is 5.31. The van der Waals surface area contributed by atoms with Crippen molar-refractivity contribution in [1.29, 1.82) is 0 Å². The van der Waals surface area contributed by atoms with Crippen LogP contribution in [0, 0.1) is 0 Å². The summed E-state index contributed by atoms with van der Waals surface area (Å²) in [5.41, 5.74) is 4.40. The van der Waals surface area contributed by atoms with E-state index in [0.717, 1.165) is 34.5 Å². The van der Waals surface area contributed by atoms with Crippen LogP contribution in [0.5, 0.6) is 0 Å². The van der Waals surface area contributed by atoms with Gasteiger partial charge in [0.2, 0.25) is 0 Å². The van der Waals surface area contributed by atoms with Crippen molar-refractivity contribution < 1.29 is 9.59 Å². The van der Waals surface area contributed by atoms with E-state index in [0.29, 0.717) is 0 Å². The molecule has 0 bridgehead atoms. The third-order valence-corrected chi connectivity index (χ3v) is 5.71. The first-order valence-electron chi connectivity index (χ1n) is 11.0. The lowest BCUT2D eigenvalue weighted by molar-refractivity contribution is 0.111. The van der Waals surface area contributed by atoms with Crippen LogP contribution >= 0.6 is 0 Å². The zero-order chi connectivity index (χ0) is 23.5. The summed E-state index contributed by atoms with van der Waals surface area (Å²) in [7, 11) is 0. The van der Waals surface area contributed by atoms with E-state index < -0.39 is 0 Å². The molecule has 164 valence electrons. The lowest BCUT2D eigenvalue weighted by Crippen LogP contribution is -2.11. The maximum atomic E-state index is 10.7. The van der Waals surface area contributed by atoms with Gasteiger partial charge in [0.25, 0.3) is 0 Å². The Hall–Kier alpha value is -3.26. The zero-order valence-corrected chi connectivity index (χ0v) is 19.9. The Kier molecular flexibility index (Phi) is 6.64. The molecule has 0 atom stereocenters. The molecular formula is C30H32O2. The fourth-order valence-corrected chi connectivity index (χ4v) is 3.83. The van der Waals surface area contributed by atoms with Crippen molar-refractivity contribution in [2.45, 2.75) is 52.4 Å². The Morgan fingerprint density at radius 2 is 1.12 bits per heavy atom. The van der Waals surface area contributed by atoms with Crippen LogP contribution in [-0.2, 0) is 10.8 Å². The van der Waals surface area contributed by atoms with Crippen LogP contribution in [0.15, 0.2) is 72.8 Å². The SMILES string of the molecule is CC(C)(C)c1ccc2cc(C=O)ccc2c1.CC(C)(C)c1cccc2cc(C=O)ccc12. The molecule has 0 saturated carbocycles. The number of benzene rings is 4. The first-order chi connectivity index (χ1) is 15.0. The van der Waals surface area contributed by atoms with Gasteiger partial charge < -0.3 is 0 Å². The summed E-state index contributed by atoms with van der Waals surface area (Å²) < 4.78 is 0. The number of aldehydes is 2. The van der Waals surface area contributed by atoms with Gasteiger partial charge in [0.15, 0.2) is 0 Å². The van der Waals surface area contributed by atoms with E-state index in [4.69, 9.17) is 0 Å². The van der Waals surface area contributed by atoms with Gasteiger partial charge in [0.05, 0.1) is 0 Å². The Balaban J connectivity index is 0.000000181. The highest BCUT2D eigenvalue weighted by atomic mass is 16.1. The first kappa shape index (κ1) is 23.4. The average molecular weight is 425 g/mol. The molecule has 0 amide bonds. The highest BCUT2D eigenvalue weighted by Crippen LogP contribution is 2.30. The summed E-state index contributed by atoms with van der Waals surface area (Å²) in [6.07, 6.45) is 1.78. The summed E-state index contributed by atoms with van der Waals surface area (Å²) in [6, 6.07) is 24.3. The Morgan fingerprint density at radius 3 is 1.72 bits per heavy atom. The smallest absolute Gasteiger partial charge is 0.150 e. The summed E-state index contributed by atoms with van der Waals surface area (Å²) in [5.74, 6) is 0. The van der Waals surface area contributed by atoms with Gasteiger partial charge >= 0.3 is 0 Å². The normalized spacial score (nSPS) is 11.7. The van der Waals surface area contributed by atoms with Crippen LogP contribution < -0.4 is 0 Å². The Bertz CT molecular complexity index is 1270. The fourth-order valence-electron chi connectivity index (χ4n) is 3.83. The Labute approximate surface area is 191 Å². The van der Waals surface area contributed by atoms with E-state index in [2.05, 4.69) is 77.9 Å². The van der Waals surface area contributed by atoms with Crippen LogP contribution in [-0.4, -0.2) is 12.6 Å². The van der Waals surface area contributed by atoms with Crippen LogP contribution in [0.1, 0.15) is 73.4 Å². The summed E-state index contributed by atoms with van der Waals surface area (Å²) in [5, 5.41) is 4.69. The van der Waals surface area contributed by atoms with E-state index in [1.807, 2.05) is 36.4 Å². The number of carbonyl (C=O) groups excluding carboxylic acids is 2. The Morgan fingerprint density at radius 1 is 0.562 bits per heavy atom. The molecular weight excluding hydrogens is 392 g/mol. The van der Waals surface area contributed by atoms with Gasteiger partial charge in [-0.15, -0.1) is 0 Å². The van der Waals surface area contributed by atoms with E-state index >= 15 is 0 Å². The molecule has 0 radical (unpaired) electrons. The number of carbonyl (C=O) groups is 2. The van der Waals surface area contributed by atoms with E-state index in [1.165, 1.54) is 21.9 Å². The standard InChI is InChI=1S/2C15H16O/c1-15(2,3)14-7-6-12-8-11(10-16)4-5-13(12)9-14;1-15(2,3)14-6-4-5-12-9-11(10-16)7-8-13(12)14/h2*4-10H,1-3H3. The maximum Gasteiger partial charge on any atom is 0.150 e. The summed E-state index contributed by atoms with van der Waals surface area (Å²) in [6.45, 7) is 13.2. The molecule has 0 spiro atoms. The summed E-state index contributed by atoms with van der Waals surface area (Å²) in [4.78, 5) is 21.4. The third-order valence-electron chi connectivity index (χ3n) is 5.71. The van der Waals surface area contributed by atoms with Gasteiger partial charge in [-0.25, -0.2) is 0 Å². The fraction of sp³-hybridized carbons (Fsp3) is 0.267. The molecule has 4 aromatic rings. The van der Waals surface area contributed by atoms with E-state index in [1.54, 1.807) is 0 Å². The molecule has 0 aromatic heterocycles. The molecule has 0 aliphatic rings. The topological polar surface area (TPSA) is 34.1 Å². The average Bonchev–Trinajstić information content (AvgIpc) is 2.76. The van der Waals surface area contributed by atoms with Crippen molar-refractivity contribution in [1.82, 2.24) is 0 Å².